The Bertz CT molecular complexity index is 988. The van der Waals surface area contributed by atoms with Gasteiger partial charge in [-0.15, -0.1) is 18.3 Å². The van der Waals surface area contributed by atoms with Crippen molar-refractivity contribution >= 4 is 23.4 Å². The van der Waals surface area contributed by atoms with E-state index < -0.39 is 4.75 Å². The number of nitrogens with zero attached hydrogens (tertiary/aromatic N) is 1. The van der Waals surface area contributed by atoms with E-state index in [4.69, 9.17) is 4.74 Å². The molecule has 146 valence electrons. The topological polar surface area (TPSA) is 29.5 Å². The number of allylic oxidation sites excluding steroid dienone is 1. The summed E-state index contributed by atoms with van der Waals surface area (Å²) in [6.07, 6.45) is 2.45. The molecule has 3 nitrogen and oxygen atoms in total. The molecule has 1 amide bonds. The maximum atomic E-state index is 13.6. The van der Waals surface area contributed by atoms with E-state index in [1.54, 1.807) is 18.9 Å². The van der Waals surface area contributed by atoms with Crippen molar-refractivity contribution in [1.29, 1.82) is 0 Å². The highest BCUT2D eigenvalue weighted by atomic mass is 32.2. The number of ether oxygens (including phenoxy) is 1. The zero-order valence-electron chi connectivity index (χ0n) is 16.3. The van der Waals surface area contributed by atoms with Gasteiger partial charge in [0.15, 0.2) is 0 Å². The number of β-lactam (4-membered cyclic amide) rings is 1. The van der Waals surface area contributed by atoms with E-state index in [-0.39, 0.29) is 11.9 Å². The van der Waals surface area contributed by atoms with Gasteiger partial charge in [-0.05, 0) is 48.4 Å². The quantitative estimate of drug-likeness (QED) is 0.365. The highest BCUT2D eigenvalue weighted by Gasteiger charge is 2.61. The minimum absolute atomic E-state index is 0.0900. The summed E-state index contributed by atoms with van der Waals surface area (Å²) in [5, 5.41) is 0. The van der Waals surface area contributed by atoms with Crippen LogP contribution in [0.15, 0.2) is 102 Å². The molecule has 4 rings (SSSR count). The summed E-state index contributed by atoms with van der Waals surface area (Å²) in [6, 6.07) is 27.9. The molecule has 4 heteroatoms. The van der Waals surface area contributed by atoms with Gasteiger partial charge in [-0.25, -0.2) is 0 Å². The van der Waals surface area contributed by atoms with Crippen LogP contribution in [0.4, 0.5) is 5.69 Å². The molecule has 0 saturated carbocycles. The predicted molar refractivity (Wildman–Crippen MR) is 120 cm³/mol. The van der Waals surface area contributed by atoms with Crippen molar-refractivity contribution in [2.45, 2.75) is 22.1 Å². The number of thioether (sulfide) groups is 1. The van der Waals surface area contributed by atoms with Crippen molar-refractivity contribution in [1.82, 2.24) is 0 Å². The van der Waals surface area contributed by atoms with E-state index in [0.717, 1.165) is 21.9 Å². The third kappa shape index (κ3) is 3.45. The van der Waals surface area contributed by atoms with Crippen molar-refractivity contribution in [3.63, 3.8) is 0 Å². The summed E-state index contributed by atoms with van der Waals surface area (Å²) < 4.78 is 4.66. The summed E-state index contributed by atoms with van der Waals surface area (Å²) in [7, 11) is 1.64. The SMILES string of the molecule is C=CC[C@@]1(Sc2ccccc2)C(=O)N(c2ccc(OC)cc2)[C@@H]1c1ccccc1. The van der Waals surface area contributed by atoms with Crippen molar-refractivity contribution < 1.29 is 9.53 Å². The van der Waals surface area contributed by atoms with Crippen molar-refractivity contribution in [2.24, 2.45) is 0 Å². The van der Waals surface area contributed by atoms with Crippen LogP contribution in [0.25, 0.3) is 0 Å². The second kappa shape index (κ2) is 8.18. The third-order valence-corrected chi connectivity index (χ3v) is 6.67. The van der Waals surface area contributed by atoms with Crippen LogP contribution in [0.1, 0.15) is 18.0 Å². The molecule has 1 heterocycles. The molecule has 1 saturated heterocycles. The largest absolute Gasteiger partial charge is 0.497 e. The van der Waals surface area contributed by atoms with Gasteiger partial charge >= 0.3 is 0 Å². The Morgan fingerprint density at radius 3 is 2.21 bits per heavy atom. The van der Waals surface area contributed by atoms with Gasteiger partial charge in [0.2, 0.25) is 5.91 Å². The fourth-order valence-electron chi connectivity index (χ4n) is 3.90. The highest BCUT2D eigenvalue weighted by molar-refractivity contribution is 8.01. The number of rotatable bonds is 7. The minimum Gasteiger partial charge on any atom is -0.497 e. The maximum absolute atomic E-state index is 13.6. The van der Waals surface area contributed by atoms with Gasteiger partial charge in [0, 0.05) is 10.6 Å². The molecule has 0 unspecified atom stereocenters. The third-order valence-electron chi connectivity index (χ3n) is 5.24. The molecule has 2 atom stereocenters. The molecule has 0 radical (unpaired) electrons. The zero-order valence-corrected chi connectivity index (χ0v) is 17.1. The lowest BCUT2D eigenvalue weighted by Gasteiger charge is -2.55. The molecule has 3 aromatic carbocycles. The summed E-state index contributed by atoms with van der Waals surface area (Å²) in [6.45, 7) is 3.95. The maximum Gasteiger partial charge on any atom is 0.247 e. The van der Waals surface area contributed by atoms with Gasteiger partial charge in [-0.1, -0.05) is 54.6 Å². The van der Waals surface area contributed by atoms with Crippen LogP contribution in [0, 0.1) is 0 Å². The molecule has 1 aliphatic rings. The van der Waals surface area contributed by atoms with E-state index in [9.17, 15) is 4.79 Å². The molecule has 0 aromatic heterocycles. The Morgan fingerprint density at radius 2 is 1.62 bits per heavy atom. The van der Waals surface area contributed by atoms with Crippen LogP contribution in [0.5, 0.6) is 5.75 Å². The number of hydrogen-bond donors (Lipinski definition) is 0. The van der Waals surface area contributed by atoms with Crippen molar-refractivity contribution in [3.8, 4) is 5.75 Å². The fourth-order valence-corrected chi connectivity index (χ4v) is 5.35. The fraction of sp³-hybridized carbons (Fsp3) is 0.160. The van der Waals surface area contributed by atoms with Crippen LogP contribution in [-0.4, -0.2) is 17.8 Å². The summed E-state index contributed by atoms with van der Waals surface area (Å²) >= 11 is 1.63. The van der Waals surface area contributed by atoms with Gasteiger partial charge in [0.1, 0.15) is 10.5 Å². The van der Waals surface area contributed by atoms with Crippen molar-refractivity contribution in [3.05, 3.63) is 103 Å². The van der Waals surface area contributed by atoms with Crippen LogP contribution in [0.2, 0.25) is 0 Å². The molecule has 0 spiro atoms. The normalized spacial score (nSPS) is 20.8. The number of amides is 1. The molecule has 3 aromatic rings. The molecule has 1 fully saturated rings. The lowest BCUT2D eigenvalue weighted by molar-refractivity contribution is -0.127. The Kier molecular flexibility index (Phi) is 5.45. The van der Waals surface area contributed by atoms with Crippen LogP contribution < -0.4 is 9.64 Å². The summed E-state index contributed by atoms with van der Waals surface area (Å²) in [5.74, 6) is 0.874. The molecule has 0 aliphatic carbocycles. The smallest absolute Gasteiger partial charge is 0.247 e. The van der Waals surface area contributed by atoms with E-state index in [2.05, 4.69) is 30.8 Å². The first kappa shape index (κ1) is 19.3. The van der Waals surface area contributed by atoms with E-state index in [1.165, 1.54) is 0 Å². The molecule has 1 aliphatic heterocycles. The Hall–Kier alpha value is -2.98. The number of carbonyl (C=O) groups excluding carboxylic acids is 1. The lowest BCUT2D eigenvalue weighted by Crippen LogP contribution is -2.66. The number of hydrogen-bond acceptors (Lipinski definition) is 3. The van der Waals surface area contributed by atoms with Gasteiger partial charge in [0.25, 0.3) is 0 Å². The van der Waals surface area contributed by atoms with E-state index in [1.807, 2.05) is 71.6 Å². The number of methoxy groups -OCH3 is 1. The van der Waals surface area contributed by atoms with Gasteiger partial charge in [0.05, 0.1) is 13.2 Å². The summed E-state index contributed by atoms with van der Waals surface area (Å²) in [5.41, 5.74) is 1.99. The second-order valence-corrected chi connectivity index (χ2v) is 8.39. The van der Waals surface area contributed by atoms with E-state index in [0.29, 0.717) is 6.42 Å². The van der Waals surface area contributed by atoms with E-state index >= 15 is 0 Å². The summed E-state index contributed by atoms with van der Waals surface area (Å²) in [4.78, 5) is 16.6. The number of benzene rings is 3. The predicted octanol–water partition coefficient (Wildman–Crippen LogP) is 5.89. The van der Waals surface area contributed by atoms with Gasteiger partial charge in [-0.3, -0.25) is 4.79 Å². The second-order valence-electron chi connectivity index (χ2n) is 6.98. The van der Waals surface area contributed by atoms with Gasteiger partial charge < -0.3 is 9.64 Å². The minimum atomic E-state index is -0.621. The molecule has 0 bridgehead atoms. The molecular weight excluding hydrogens is 378 g/mol. The molecule has 0 N–H and O–H groups in total. The lowest BCUT2D eigenvalue weighted by atomic mass is 9.78. The van der Waals surface area contributed by atoms with Gasteiger partial charge in [-0.2, -0.15) is 0 Å². The zero-order chi connectivity index (χ0) is 20.3. The standard InChI is InChI=1S/C25H23NO2S/c1-3-18-25(29-22-12-8-5-9-13-22)23(19-10-6-4-7-11-19)26(24(25)27)20-14-16-21(28-2)17-15-20/h3-17,23H,1,18H2,2H3/t23-,25+/m1/s1. The first-order chi connectivity index (χ1) is 14.2. The Morgan fingerprint density at radius 1 is 1.00 bits per heavy atom. The van der Waals surface area contributed by atoms with Crippen LogP contribution in [0.3, 0.4) is 0 Å². The average molecular weight is 402 g/mol. The van der Waals surface area contributed by atoms with Crippen LogP contribution >= 0.6 is 11.8 Å². The monoisotopic (exact) mass is 401 g/mol. The molecular formula is C25H23NO2S. The van der Waals surface area contributed by atoms with Crippen molar-refractivity contribution in [2.75, 3.05) is 12.0 Å². The molecule has 29 heavy (non-hydrogen) atoms. The van der Waals surface area contributed by atoms with Crippen LogP contribution in [-0.2, 0) is 4.79 Å². The first-order valence-corrected chi connectivity index (χ1v) is 10.4. The highest BCUT2D eigenvalue weighted by Crippen LogP contribution is 2.57. The number of anilines is 1. The first-order valence-electron chi connectivity index (χ1n) is 9.57. The number of carbonyl (C=O) groups is 1. The average Bonchev–Trinajstić information content (AvgIpc) is 2.78. The Labute approximate surface area is 176 Å². The Balaban J connectivity index is 1.79.